The number of benzene rings is 2. The van der Waals surface area contributed by atoms with Crippen LogP contribution in [-0.2, 0) is 4.43 Å². The van der Waals surface area contributed by atoms with Gasteiger partial charge >= 0.3 is 0 Å². The van der Waals surface area contributed by atoms with Crippen molar-refractivity contribution in [1.82, 2.24) is 0 Å². The SMILES string of the molecule is CC(C)(C)[Si](C)(C)O[C@@H]1CCC[C@@H](N2c3ccccc3C=Cc3ccccc32)[C@@H]1O. The molecule has 4 heteroatoms. The van der Waals surface area contributed by atoms with Crippen molar-refractivity contribution < 1.29 is 9.53 Å². The largest absolute Gasteiger partial charge is 0.411 e. The number of hydrogen-bond donors (Lipinski definition) is 1. The molecule has 0 amide bonds. The fourth-order valence-corrected chi connectivity index (χ4v) is 5.81. The highest BCUT2D eigenvalue weighted by atomic mass is 28.4. The molecule has 3 nitrogen and oxygen atoms in total. The van der Waals surface area contributed by atoms with Gasteiger partial charge in [-0.2, -0.15) is 0 Å². The first-order valence-corrected chi connectivity index (χ1v) is 14.1. The Labute approximate surface area is 182 Å². The number of para-hydroxylation sites is 2. The predicted molar refractivity (Wildman–Crippen MR) is 130 cm³/mol. The van der Waals surface area contributed by atoms with E-state index in [1.165, 1.54) is 11.1 Å². The van der Waals surface area contributed by atoms with Gasteiger partial charge in [-0.25, -0.2) is 0 Å². The fraction of sp³-hybridized carbons (Fsp3) is 0.462. The zero-order chi connectivity index (χ0) is 21.5. The lowest BCUT2D eigenvalue weighted by atomic mass is 9.88. The number of rotatable bonds is 3. The maximum atomic E-state index is 11.6. The summed E-state index contributed by atoms with van der Waals surface area (Å²) in [5, 5.41) is 11.7. The smallest absolute Gasteiger partial charge is 0.192 e. The van der Waals surface area contributed by atoms with E-state index in [1.54, 1.807) is 0 Å². The van der Waals surface area contributed by atoms with E-state index in [1.807, 2.05) is 0 Å². The first kappa shape index (κ1) is 21.4. The van der Waals surface area contributed by atoms with Gasteiger partial charge in [-0.15, -0.1) is 0 Å². The molecule has 1 saturated carbocycles. The highest BCUT2D eigenvalue weighted by Crippen LogP contribution is 2.43. The predicted octanol–water partition coefficient (Wildman–Crippen LogP) is 6.61. The van der Waals surface area contributed by atoms with Gasteiger partial charge in [-0.05, 0) is 60.7 Å². The van der Waals surface area contributed by atoms with Crippen molar-refractivity contribution in [3.63, 3.8) is 0 Å². The van der Waals surface area contributed by atoms with Gasteiger partial charge in [0.25, 0.3) is 0 Å². The monoisotopic (exact) mass is 421 g/mol. The Kier molecular flexibility index (Phi) is 5.69. The van der Waals surface area contributed by atoms with Crippen LogP contribution in [0, 0.1) is 0 Å². The van der Waals surface area contributed by atoms with Gasteiger partial charge in [-0.3, -0.25) is 0 Å². The summed E-state index contributed by atoms with van der Waals surface area (Å²) in [7, 11) is -1.96. The summed E-state index contributed by atoms with van der Waals surface area (Å²) < 4.78 is 6.73. The molecule has 30 heavy (non-hydrogen) atoms. The number of nitrogens with zero attached hydrogens (tertiary/aromatic N) is 1. The lowest BCUT2D eigenvalue weighted by Gasteiger charge is -2.47. The van der Waals surface area contributed by atoms with Crippen LogP contribution in [0.2, 0.25) is 18.1 Å². The molecular formula is C26H35NO2Si. The lowest BCUT2D eigenvalue weighted by molar-refractivity contribution is -0.0130. The van der Waals surface area contributed by atoms with Crippen LogP contribution < -0.4 is 4.90 Å². The summed E-state index contributed by atoms with van der Waals surface area (Å²) >= 11 is 0. The van der Waals surface area contributed by atoms with Crippen molar-refractivity contribution >= 4 is 31.8 Å². The average Bonchev–Trinajstić information content (AvgIpc) is 2.86. The highest BCUT2D eigenvalue weighted by Gasteiger charge is 2.44. The molecule has 1 N–H and O–H groups in total. The Morgan fingerprint density at radius 1 is 0.900 bits per heavy atom. The van der Waals surface area contributed by atoms with Crippen molar-refractivity contribution in [2.75, 3.05) is 4.90 Å². The molecule has 2 aromatic rings. The standard InChI is InChI=1S/C26H35NO2Si/c1-26(2,3)30(4,5)29-24-16-10-15-23(25(24)28)27-21-13-8-6-11-19(21)17-18-20-12-7-9-14-22(20)27/h6-9,11-14,17-18,23-25,28H,10,15-16H2,1-5H3/t23-,24-,25+/m1/s1. The number of aliphatic hydroxyl groups excluding tert-OH is 1. The van der Waals surface area contributed by atoms with Crippen LogP contribution in [0.1, 0.15) is 51.2 Å². The van der Waals surface area contributed by atoms with Crippen molar-refractivity contribution in [3.8, 4) is 0 Å². The zero-order valence-corrected chi connectivity index (χ0v) is 19.9. The zero-order valence-electron chi connectivity index (χ0n) is 18.9. The molecule has 0 radical (unpaired) electrons. The van der Waals surface area contributed by atoms with E-state index in [2.05, 4.69) is 99.4 Å². The molecular weight excluding hydrogens is 386 g/mol. The summed E-state index contributed by atoms with van der Waals surface area (Å²) in [6, 6.07) is 17.0. The second-order valence-corrected chi connectivity index (χ2v) is 15.0. The fourth-order valence-electron chi connectivity index (χ4n) is 4.45. The van der Waals surface area contributed by atoms with E-state index in [0.717, 1.165) is 30.6 Å². The van der Waals surface area contributed by atoms with E-state index < -0.39 is 14.4 Å². The molecule has 0 aromatic heterocycles. The Balaban J connectivity index is 1.72. The third-order valence-electron chi connectivity index (χ3n) is 7.18. The summed E-state index contributed by atoms with van der Waals surface area (Å²) in [6.45, 7) is 11.4. The maximum Gasteiger partial charge on any atom is 0.192 e. The molecule has 3 atom stereocenters. The number of anilines is 2. The third-order valence-corrected chi connectivity index (χ3v) is 11.7. The van der Waals surface area contributed by atoms with Gasteiger partial charge in [0.2, 0.25) is 0 Å². The molecule has 1 aliphatic carbocycles. The molecule has 160 valence electrons. The van der Waals surface area contributed by atoms with Gasteiger partial charge in [0.05, 0.1) is 18.2 Å². The molecule has 0 bridgehead atoms. The van der Waals surface area contributed by atoms with Crippen molar-refractivity contribution in [2.45, 2.75) is 76.4 Å². The number of aliphatic hydroxyl groups is 1. The summed E-state index contributed by atoms with van der Waals surface area (Å²) in [5.41, 5.74) is 4.70. The molecule has 2 aliphatic rings. The second-order valence-electron chi connectivity index (χ2n) is 10.2. The molecule has 0 unspecified atom stereocenters. The van der Waals surface area contributed by atoms with E-state index >= 15 is 0 Å². The summed E-state index contributed by atoms with van der Waals surface area (Å²) in [6.07, 6.45) is 6.70. The maximum absolute atomic E-state index is 11.6. The molecule has 1 fully saturated rings. The number of fused-ring (bicyclic) bond motifs is 2. The van der Waals surface area contributed by atoms with E-state index in [0.29, 0.717) is 0 Å². The second kappa shape index (κ2) is 7.99. The van der Waals surface area contributed by atoms with Gasteiger partial charge in [0.15, 0.2) is 8.32 Å². The van der Waals surface area contributed by atoms with Crippen LogP contribution in [0.4, 0.5) is 11.4 Å². The molecule has 0 saturated heterocycles. The normalized spacial score (nSPS) is 24.2. The minimum atomic E-state index is -1.96. The minimum absolute atomic E-state index is 0.00396. The van der Waals surface area contributed by atoms with Gasteiger partial charge in [-0.1, -0.05) is 69.3 Å². The Morgan fingerprint density at radius 3 is 1.97 bits per heavy atom. The van der Waals surface area contributed by atoms with Gasteiger partial charge in [0, 0.05) is 11.4 Å². The van der Waals surface area contributed by atoms with Crippen molar-refractivity contribution in [3.05, 3.63) is 59.7 Å². The molecule has 0 spiro atoms. The molecule has 4 rings (SSSR count). The molecule has 1 heterocycles. The Hall–Kier alpha value is -1.88. The van der Waals surface area contributed by atoms with Crippen molar-refractivity contribution in [1.29, 1.82) is 0 Å². The van der Waals surface area contributed by atoms with Gasteiger partial charge < -0.3 is 14.4 Å². The van der Waals surface area contributed by atoms with E-state index in [4.69, 9.17) is 4.43 Å². The van der Waals surface area contributed by atoms with Crippen LogP contribution >= 0.6 is 0 Å². The highest BCUT2D eigenvalue weighted by molar-refractivity contribution is 6.74. The number of hydrogen-bond acceptors (Lipinski definition) is 3. The lowest BCUT2D eigenvalue weighted by Crippen LogP contribution is -2.55. The van der Waals surface area contributed by atoms with Gasteiger partial charge in [0.1, 0.15) is 0 Å². The topological polar surface area (TPSA) is 32.7 Å². The van der Waals surface area contributed by atoms with E-state index in [9.17, 15) is 5.11 Å². The van der Waals surface area contributed by atoms with Crippen LogP contribution in [0.3, 0.4) is 0 Å². The third kappa shape index (κ3) is 3.89. The van der Waals surface area contributed by atoms with Crippen LogP contribution in [0.5, 0.6) is 0 Å². The first-order chi connectivity index (χ1) is 14.2. The summed E-state index contributed by atoms with van der Waals surface area (Å²) in [4.78, 5) is 2.37. The average molecular weight is 422 g/mol. The molecule has 2 aromatic carbocycles. The van der Waals surface area contributed by atoms with Crippen LogP contribution in [0.15, 0.2) is 48.5 Å². The Morgan fingerprint density at radius 2 is 1.43 bits per heavy atom. The molecule has 1 aliphatic heterocycles. The minimum Gasteiger partial charge on any atom is -0.411 e. The summed E-state index contributed by atoms with van der Waals surface area (Å²) in [5.74, 6) is 0. The quantitative estimate of drug-likeness (QED) is 0.566. The van der Waals surface area contributed by atoms with E-state index in [-0.39, 0.29) is 17.2 Å². The Bertz CT molecular complexity index is 881. The van der Waals surface area contributed by atoms with Crippen LogP contribution in [-0.4, -0.2) is 31.7 Å². The van der Waals surface area contributed by atoms with Crippen molar-refractivity contribution in [2.24, 2.45) is 0 Å². The first-order valence-electron chi connectivity index (χ1n) is 11.2. The van der Waals surface area contributed by atoms with Crippen LogP contribution in [0.25, 0.3) is 12.2 Å².